The second-order valence-electron chi connectivity index (χ2n) is 2.24. The molecule has 0 aliphatic carbocycles. The summed E-state index contributed by atoms with van der Waals surface area (Å²) in [5, 5.41) is 16.5. The summed E-state index contributed by atoms with van der Waals surface area (Å²) >= 11 is 0. The molecule has 54 valence electrons. The molecule has 0 heterocycles. The predicted octanol–water partition coefficient (Wildman–Crippen LogP) is -0.530. The van der Waals surface area contributed by atoms with Crippen LogP contribution in [0.25, 0.3) is 0 Å². The molecule has 0 radical (unpaired) electrons. The molecule has 4 nitrogen and oxygen atoms in total. The van der Waals surface area contributed by atoms with Crippen molar-refractivity contribution in [2.75, 3.05) is 6.54 Å². The zero-order valence-corrected chi connectivity index (χ0v) is 5.67. The molecule has 0 bridgehead atoms. The van der Waals surface area contributed by atoms with Gasteiger partial charge in [0.1, 0.15) is 0 Å². The van der Waals surface area contributed by atoms with Gasteiger partial charge in [-0.25, -0.2) is 0 Å². The molecule has 0 rings (SSSR count). The van der Waals surface area contributed by atoms with E-state index in [1.165, 1.54) is 0 Å². The second-order valence-corrected chi connectivity index (χ2v) is 2.24. The van der Waals surface area contributed by atoms with Gasteiger partial charge in [-0.2, -0.15) is 10.5 Å². The predicted molar refractivity (Wildman–Crippen MR) is 36.4 cm³/mol. The van der Waals surface area contributed by atoms with E-state index in [-0.39, 0.29) is 19.4 Å². The zero-order chi connectivity index (χ0) is 8.04. The highest BCUT2D eigenvalue weighted by Gasteiger charge is 2.21. The highest BCUT2D eigenvalue weighted by molar-refractivity contribution is 4.99. The van der Waals surface area contributed by atoms with E-state index >= 15 is 0 Å². The van der Waals surface area contributed by atoms with Crippen LogP contribution in [0.15, 0.2) is 0 Å². The third-order valence-corrected chi connectivity index (χ3v) is 1.27. The summed E-state index contributed by atoms with van der Waals surface area (Å²) in [5.41, 5.74) is 10.00. The standard InChI is InChI=1S/C6H10N4/c7-3-1-6(10,5-9)2-4-8/h1-2,5,9-10H2. The van der Waals surface area contributed by atoms with Gasteiger partial charge in [-0.1, -0.05) is 0 Å². The fourth-order valence-electron chi connectivity index (χ4n) is 0.522. The fourth-order valence-corrected chi connectivity index (χ4v) is 0.522. The Morgan fingerprint density at radius 2 is 1.60 bits per heavy atom. The molecule has 0 aliphatic rings. The molecule has 10 heavy (non-hydrogen) atoms. The first-order valence-corrected chi connectivity index (χ1v) is 2.91. The van der Waals surface area contributed by atoms with Crippen LogP contribution in [0.2, 0.25) is 0 Å². The molecule has 4 heteroatoms. The van der Waals surface area contributed by atoms with Gasteiger partial charge in [0.25, 0.3) is 0 Å². The average Bonchev–Trinajstić information content (AvgIpc) is 1.89. The summed E-state index contributed by atoms with van der Waals surface area (Å²) in [6.07, 6.45) is 0.272. The largest absolute Gasteiger partial charge is 0.329 e. The van der Waals surface area contributed by atoms with Crippen molar-refractivity contribution in [2.45, 2.75) is 18.4 Å². The van der Waals surface area contributed by atoms with Gasteiger partial charge in [-0.3, -0.25) is 0 Å². The van der Waals surface area contributed by atoms with Crippen LogP contribution in [-0.2, 0) is 0 Å². The van der Waals surface area contributed by atoms with Crippen molar-refractivity contribution in [1.29, 1.82) is 10.5 Å². The van der Waals surface area contributed by atoms with Crippen LogP contribution < -0.4 is 11.5 Å². The maximum absolute atomic E-state index is 8.26. The van der Waals surface area contributed by atoms with Crippen LogP contribution in [0, 0.1) is 22.7 Å². The molecule has 0 unspecified atom stereocenters. The van der Waals surface area contributed by atoms with Crippen LogP contribution in [0.4, 0.5) is 0 Å². The van der Waals surface area contributed by atoms with Crippen LogP contribution in [0.5, 0.6) is 0 Å². The highest BCUT2D eigenvalue weighted by atomic mass is 14.8. The topological polar surface area (TPSA) is 99.6 Å². The molecule has 0 saturated carbocycles. The smallest absolute Gasteiger partial charge is 0.0641 e. The lowest BCUT2D eigenvalue weighted by molar-refractivity contribution is 0.454. The lowest BCUT2D eigenvalue weighted by Crippen LogP contribution is -2.46. The van der Waals surface area contributed by atoms with E-state index in [1.54, 1.807) is 0 Å². The maximum atomic E-state index is 8.26. The van der Waals surface area contributed by atoms with E-state index in [9.17, 15) is 0 Å². The summed E-state index contributed by atoms with van der Waals surface area (Å²) in [5.74, 6) is 0. The Morgan fingerprint density at radius 1 is 1.20 bits per heavy atom. The lowest BCUT2D eigenvalue weighted by atomic mass is 9.94. The molecular weight excluding hydrogens is 128 g/mol. The average molecular weight is 138 g/mol. The minimum Gasteiger partial charge on any atom is -0.329 e. The number of nitrogens with zero attached hydrogens (tertiary/aromatic N) is 2. The maximum Gasteiger partial charge on any atom is 0.0641 e. The Kier molecular flexibility index (Phi) is 3.42. The third kappa shape index (κ3) is 2.45. The van der Waals surface area contributed by atoms with Crippen molar-refractivity contribution < 1.29 is 0 Å². The number of nitriles is 2. The van der Waals surface area contributed by atoms with Crippen molar-refractivity contribution in [2.24, 2.45) is 11.5 Å². The Balaban J connectivity index is 4.00. The van der Waals surface area contributed by atoms with Crippen LogP contribution in [0.3, 0.4) is 0 Å². The summed E-state index contributed by atoms with van der Waals surface area (Å²) in [7, 11) is 0. The second kappa shape index (κ2) is 3.84. The van der Waals surface area contributed by atoms with Crippen molar-refractivity contribution in [3.8, 4) is 12.1 Å². The van der Waals surface area contributed by atoms with Gasteiger partial charge in [0.05, 0.1) is 30.5 Å². The lowest BCUT2D eigenvalue weighted by Gasteiger charge is -2.20. The molecule has 0 saturated heterocycles. The van der Waals surface area contributed by atoms with Crippen molar-refractivity contribution >= 4 is 0 Å². The number of hydrogen-bond donors (Lipinski definition) is 2. The van der Waals surface area contributed by atoms with E-state index in [1.807, 2.05) is 12.1 Å². The molecule has 0 spiro atoms. The van der Waals surface area contributed by atoms with Crippen molar-refractivity contribution in [3.05, 3.63) is 0 Å². The van der Waals surface area contributed by atoms with Gasteiger partial charge in [0, 0.05) is 6.54 Å². The normalized spacial score (nSPS) is 10.0. The van der Waals surface area contributed by atoms with Crippen LogP contribution >= 0.6 is 0 Å². The Bertz CT molecular complexity index is 157. The molecule has 0 fully saturated rings. The van der Waals surface area contributed by atoms with Crippen LogP contribution in [-0.4, -0.2) is 12.1 Å². The first-order chi connectivity index (χ1) is 4.68. The van der Waals surface area contributed by atoms with Gasteiger partial charge in [0.2, 0.25) is 0 Å². The van der Waals surface area contributed by atoms with Crippen LogP contribution in [0.1, 0.15) is 12.8 Å². The number of hydrogen-bond acceptors (Lipinski definition) is 4. The first kappa shape index (κ1) is 8.90. The van der Waals surface area contributed by atoms with Gasteiger partial charge in [-0.05, 0) is 0 Å². The summed E-state index contributed by atoms with van der Waals surface area (Å²) in [6, 6.07) is 3.78. The molecule has 0 aromatic carbocycles. The molecule has 4 N–H and O–H groups in total. The Labute approximate surface area is 60.0 Å². The SMILES string of the molecule is N#CCC(N)(CN)CC#N. The van der Waals surface area contributed by atoms with Crippen molar-refractivity contribution in [3.63, 3.8) is 0 Å². The molecule has 0 aliphatic heterocycles. The third-order valence-electron chi connectivity index (χ3n) is 1.27. The molecule has 0 atom stereocenters. The summed E-state index contributed by atoms with van der Waals surface area (Å²) in [6.45, 7) is 0.175. The molecule has 0 aromatic rings. The summed E-state index contributed by atoms with van der Waals surface area (Å²) in [4.78, 5) is 0. The van der Waals surface area contributed by atoms with Gasteiger partial charge < -0.3 is 11.5 Å². The quantitative estimate of drug-likeness (QED) is 0.547. The van der Waals surface area contributed by atoms with Crippen molar-refractivity contribution in [1.82, 2.24) is 0 Å². The Hall–Kier alpha value is -1.10. The first-order valence-electron chi connectivity index (χ1n) is 2.91. The van der Waals surface area contributed by atoms with E-state index in [2.05, 4.69) is 0 Å². The van der Waals surface area contributed by atoms with Gasteiger partial charge >= 0.3 is 0 Å². The Morgan fingerprint density at radius 3 is 1.80 bits per heavy atom. The monoisotopic (exact) mass is 138 g/mol. The van der Waals surface area contributed by atoms with E-state index in [0.29, 0.717) is 0 Å². The van der Waals surface area contributed by atoms with E-state index < -0.39 is 5.54 Å². The molecule has 0 amide bonds. The minimum atomic E-state index is -0.802. The van der Waals surface area contributed by atoms with E-state index in [0.717, 1.165) is 0 Å². The minimum absolute atomic E-state index is 0.136. The zero-order valence-electron chi connectivity index (χ0n) is 5.67. The van der Waals surface area contributed by atoms with Gasteiger partial charge in [-0.15, -0.1) is 0 Å². The number of rotatable bonds is 3. The summed E-state index contributed by atoms with van der Waals surface area (Å²) < 4.78 is 0. The van der Waals surface area contributed by atoms with E-state index in [4.69, 9.17) is 22.0 Å². The molecule has 0 aromatic heterocycles. The molecular formula is C6H10N4. The van der Waals surface area contributed by atoms with Gasteiger partial charge in [0.15, 0.2) is 0 Å². The number of nitrogens with two attached hydrogens (primary N) is 2. The highest BCUT2D eigenvalue weighted by Crippen LogP contribution is 2.07. The fraction of sp³-hybridized carbons (Fsp3) is 0.667.